The molecule has 1 aliphatic heterocycles. The highest BCUT2D eigenvalue weighted by atomic mass is 33.1. The van der Waals surface area contributed by atoms with Crippen LogP contribution in [0.4, 0.5) is 0 Å². The molecule has 0 saturated carbocycles. The zero-order valence-electron chi connectivity index (χ0n) is 8.58. The van der Waals surface area contributed by atoms with Crippen LogP contribution in [0.3, 0.4) is 0 Å². The van der Waals surface area contributed by atoms with Gasteiger partial charge in [0.2, 0.25) is 0 Å². The Kier molecular flexibility index (Phi) is 6.28. The van der Waals surface area contributed by atoms with E-state index in [1.165, 1.54) is 38.5 Å². The highest BCUT2D eigenvalue weighted by molar-refractivity contribution is 8.76. The topological polar surface area (TPSA) is 15.3 Å². The van der Waals surface area contributed by atoms with Crippen LogP contribution in [0.1, 0.15) is 6.92 Å². The lowest BCUT2D eigenvalue weighted by Gasteiger charge is -2.29. The molecular formula is C9H20N2S2. The Morgan fingerprint density at radius 3 is 2.69 bits per heavy atom. The zero-order chi connectivity index (χ0) is 9.52. The van der Waals surface area contributed by atoms with Crippen LogP contribution < -0.4 is 5.32 Å². The second-order valence-electron chi connectivity index (χ2n) is 3.61. The van der Waals surface area contributed by atoms with Gasteiger partial charge in [-0.3, -0.25) is 0 Å². The standard InChI is InChI=1S/C9H20N2S2/c1-9(8-13-12-2)7-11-5-3-10-4-6-11/h9-10H,3-8H2,1-2H3. The fourth-order valence-electron chi connectivity index (χ4n) is 1.57. The molecule has 0 amide bonds. The Morgan fingerprint density at radius 2 is 2.08 bits per heavy atom. The summed E-state index contributed by atoms with van der Waals surface area (Å²) in [4.78, 5) is 2.57. The second-order valence-corrected chi connectivity index (χ2v) is 6.22. The molecule has 0 bridgehead atoms. The normalized spacial score (nSPS) is 21.7. The van der Waals surface area contributed by atoms with Crippen molar-refractivity contribution in [2.75, 3.05) is 44.7 Å². The van der Waals surface area contributed by atoms with E-state index >= 15 is 0 Å². The van der Waals surface area contributed by atoms with Gasteiger partial charge in [-0.2, -0.15) is 0 Å². The molecule has 2 nitrogen and oxygen atoms in total. The molecule has 0 spiro atoms. The van der Waals surface area contributed by atoms with Gasteiger partial charge in [-0.1, -0.05) is 28.5 Å². The smallest absolute Gasteiger partial charge is 0.0107 e. The molecule has 1 saturated heterocycles. The molecule has 1 heterocycles. The molecular weight excluding hydrogens is 200 g/mol. The molecule has 1 aliphatic rings. The first-order chi connectivity index (χ1) is 6.33. The lowest BCUT2D eigenvalue weighted by atomic mass is 10.2. The summed E-state index contributed by atoms with van der Waals surface area (Å²) in [5, 5.41) is 3.38. The van der Waals surface area contributed by atoms with Crippen molar-refractivity contribution in [1.82, 2.24) is 10.2 Å². The van der Waals surface area contributed by atoms with E-state index in [0.29, 0.717) is 0 Å². The monoisotopic (exact) mass is 220 g/mol. The molecule has 1 unspecified atom stereocenters. The van der Waals surface area contributed by atoms with Crippen LogP contribution in [0.25, 0.3) is 0 Å². The molecule has 0 radical (unpaired) electrons. The maximum atomic E-state index is 3.38. The van der Waals surface area contributed by atoms with Gasteiger partial charge >= 0.3 is 0 Å². The van der Waals surface area contributed by atoms with Gasteiger partial charge in [-0.05, 0) is 12.2 Å². The molecule has 0 aromatic rings. The summed E-state index contributed by atoms with van der Waals surface area (Å²) in [5.41, 5.74) is 0. The summed E-state index contributed by atoms with van der Waals surface area (Å²) in [6.07, 6.45) is 2.15. The third-order valence-electron chi connectivity index (χ3n) is 2.25. The van der Waals surface area contributed by atoms with E-state index in [1.807, 2.05) is 21.6 Å². The van der Waals surface area contributed by atoms with E-state index in [1.54, 1.807) is 0 Å². The maximum Gasteiger partial charge on any atom is 0.0107 e. The zero-order valence-corrected chi connectivity index (χ0v) is 10.2. The van der Waals surface area contributed by atoms with Gasteiger partial charge in [0.15, 0.2) is 0 Å². The van der Waals surface area contributed by atoms with E-state index < -0.39 is 0 Å². The van der Waals surface area contributed by atoms with Gasteiger partial charge < -0.3 is 10.2 Å². The summed E-state index contributed by atoms with van der Waals surface area (Å²) in [6.45, 7) is 8.42. The Morgan fingerprint density at radius 1 is 1.38 bits per heavy atom. The molecule has 0 aliphatic carbocycles. The van der Waals surface area contributed by atoms with Gasteiger partial charge in [-0.15, -0.1) is 0 Å². The number of piperazine rings is 1. The molecule has 0 aromatic heterocycles. The number of nitrogens with one attached hydrogen (secondary N) is 1. The predicted octanol–water partition coefficient (Wildman–Crippen LogP) is 1.54. The third-order valence-corrected chi connectivity index (χ3v) is 4.31. The van der Waals surface area contributed by atoms with Crippen LogP contribution >= 0.6 is 21.6 Å². The van der Waals surface area contributed by atoms with E-state index in [4.69, 9.17) is 0 Å². The van der Waals surface area contributed by atoms with Crippen molar-refractivity contribution in [3.8, 4) is 0 Å². The Bertz CT molecular complexity index is 127. The molecule has 1 fully saturated rings. The minimum absolute atomic E-state index is 0.829. The van der Waals surface area contributed by atoms with Crippen LogP contribution in [-0.2, 0) is 0 Å². The van der Waals surface area contributed by atoms with Crippen LogP contribution in [0.15, 0.2) is 0 Å². The van der Waals surface area contributed by atoms with Gasteiger partial charge in [-0.25, -0.2) is 0 Å². The van der Waals surface area contributed by atoms with E-state index in [9.17, 15) is 0 Å². The predicted molar refractivity (Wildman–Crippen MR) is 64.4 cm³/mol. The van der Waals surface area contributed by atoms with Crippen molar-refractivity contribution in [2.45, 2.75) is 6.92 Å². The van der Waals surface area contributed by atoms with Gasteiger partial charge in [0, 0.05) is 38.5 Å². The van der Waals surface area contributed by atoms with Crippen LogP contribution in [-0.4, -0.2) is 49.6 Å². The summed E-state index contributed by atoms with van der Waals surface area (Å²) >= 11 is 0. The number of nitrogens with zero attached hydrogens (tertiary/aromatic N) is 1. The first kappa shape index (κ1) is 11.7. The quantitative estimate of drug-likeness (QED) is 0.707. The average Bonchev–Trinajstić information content (AvgIpc) is 2.16. The lowest BCUT2D eigenvalue weighted by Crippen LogP contribution is -2.45. The summed E-state index contributed by atoms with van der Waals surface area (Å²) < 4.78 is 0. The highest BCUT2D eigenvalue weighted by Crippen LogP contribution is 2.20. The summed E-state index contributed by atoms with van der Waals surface area (Å²) in [6, 6.07) is 0. The van der Waals surface area contributed by atoms with Crippen molar-refractivity contribution in [1.29, 1.82) is 0 Å². The second kappa shape index (κ2) is 6.98. The lowest BCUT2D eigenvalue weighted by molar-refractivity contribution is 0.218. The molecule has 1 atom stereocenters. The van der Waals surface area contributed by atoms with Gasteiger partial charge in [0.25, 0.3) is 0 Å². The Balaban J connectivity index is 2.07. The van der Waals surface area contributed by atoms with Gasteiger partial charge in [0.05, 0.1) is 0 Å². The van der Waals surface area contributed by atoms with Crippen molar-refractivity contribution in [3.63, 3.8) is 0 Å². The number of rotatable bonds is 5. The third kappa shape index (κ3) is 5.15. The molecule has 4 heteroatoms. The summed E-state index contributed by atoms with van der Waals surface area (Å²) in [5.74, 6) is 2.11. The maximum absolute atomic E-state index is 3.38. The first-order valence-electron chi connectivity index (χ1n) is 4.91. The Hall–Kier alpha value is 0.620. The largest absolute Gasteiger partial charge is 0.314 e. The number of hydrogen-bond donors (Lipinski definition) is 1. The molecule has 13 heavy (non-hydrogen) atoms. The van der Waals surface area contributed by atoms with Crippen molar-refractivity contribution < 1.29 is 0 Å². The van der Waals surface area contributed by atoms with Crippen molar-refractivity contribution in [2.24, 2.45) is 5.92 Å². The van der Waals surface area contributed by atoms with E-state index in [0.717, 1.165) is 5.92 Å². The van der Waals surface area contributed by atoms with Crippen molar-refractivity contribution >= 4 is 21.6 Å². The van der Waals surface area contributed by atoms with E-state index in [-0.39, 0.29) is 0 Å². The fraction of sp³-hybridized carbons (Fsp3) is 1.00. The Labute approximate surface area is 89.6 Å². The molecule has 1 N–H and O–H groups in total. The molecule has 1 rings (SSSR count). The minimum atomic E-state index is 0.829. The fourth-order valence-corrected chi connectivity index (χ4v) is 3.15. The van der Waals surface area contributed by atoms with Crippen LogP contribution in [0, 0.1) is 5.92 Å². The van der Waals surface area contributed by atoms with Gasteiger partial charge in [0.1, 0.15) is 0 Å². The number of hydrogen-bond acceptors (Lipinski definition) is 4. The van der Waals surface area contributed by atoms with Crippen LogP contribution in [0.2, 0.25) is 0 Å². The molecule has 78 valence electrons. The van der Waals surface area contributed by atoms with Crippen LogP contribution in [0.5, 0.6) is 0 Å². The SMILES string of the molecule is CSSCC(C)CN1CCNCC1. The average molecular weight is 220 g/mol. The summed E-state index contributed by atoms with van der Waals surface area (Å²) in [7, 11) is 3.86. The first-order valence-corrected chi connectivity index (χ1v) is 7.64. The minimum Gasteiger partial charge on any atom is -0.314 e. The van der Waals surface area contributed by atoms with E-state index in [2.05, 4.69) is 23.4 Å². The molecule has 0 aromatic carbocycles. The van der Waals surface area contributed by atoms with Crippen molar-refractivity contribution in [3.05, 3.63) is 0 Å². The highest BCUT2D eigenvalue weighted by Gasteiger charge is 2.12.